The van der Waals surface area contributed by atoms with Crippen LogP contribution < -0.4 is 5.32 Å². The third-order valence-electron chi connectivity index (χ3n) is 6.24. The highest BCUT2D eigenvalue weighted by atomic mass is 32.1. The number of amides is 1. The van der Waals surface area contributed by atoms with E-state index in [2.05, 4.69) is 10.3 Å². The normalized spacial score (nSPS) is 12.3. The Labute approximate surface area is 232 Å². The molecular weight excluding hydrogens is 541 g/mol. The lowest BCUT2D eigenvalue weighted by atomic mass is 9.98. The number of aromatic nitrogens is 1. The molecule has 40 heavy (non-hydrogen) atoms. The maximum atomic E-state index is 15.6. The Hall–Kier alpha value is -4.28. The summed E-state index contributed by atoms with van der Waals surface area (Å²) >= 11 is 1.02. The van der Waals surface area contributed by atoms with Gasteiger partial charge in [-0.05, 0) is 49.6 Å². The minimum atomic E-state index is -1.33. The molecule has 1 heterocycles. The number of rotatable bonds is 10. The van der Waals surface area contributed by atoms with Gasteiger partial charge in [-0.3, -0.25) is 10.1 Å². The molecule has 0 aliphatic carbocycles. The molecule has 0 bridgehead atoms. The molecule has 206 valence electrons. The number of carbonyl (C=O) groups excluding carboxylic acids is 1. The van der Waals surface area contributed by atoms with Crippen LogP contribution in [-0.2, 0) is 16.0 Å². The summed E-state index contributed by atoms with van der Waals surface area (Å²) in [6.45, 7) is 1.20. The fraction of sp³-hybridized carbons (Fsp3) is 0.167. The number of nitrogens with zero attached hydrogens (tertiary/aromatic N) is 1. The van der Waals surface area contributed by atoms with Crippen LogP contribution in [-0.4, -0.2) is 29.1 Å². The van der Waals surface area contributed by atoms with E-state index in [0.29, 0.717) is 18.4 Å². The maximum absolute atomic E-state index is 15.6. The second-order valence-corrected chi connectivity index (χ2v) is 9.79. The van der Waals surface area contributed by atoms with E-state index in [1.165, 1.54) is 14.0 Å². The molecule has 1 aromatic heterocycles. The minimum absolute atomic E-state index is 0.101. The Morgan fingerprint density at radius 1 is 1.07 bits per heavy atom. The number of aliphatic carboxylic acids is 1. The molecule has 1 atom stereocenters. The van der Waals surface area contributed by atoms with Crippen molar-refractivity contribution in [3.8, 4) is 11.3 Å². The highest BCUT2D eigenvalue weighted by molar-refractivity contribution is 7.14. The van der Waals surface area contributed by atoms with Gasteiger partial charge >= 0.3 is 5.97 Å². The Balaban J connectivity index is 1.51. The molecular formula is C30H25F3N2O4S. The SMILES string of the molecule is COC(CCc1ccccc1)c1cccc(-c2csc(NC(=O)c3cc(F)c(C=C(C)C(=O)O)c(F)c3)n2)c1F. The molecule has 4 rings (SSSR count). The van der Waals surface area contributed by atoms with Crippen molar-refractivity contribution >= 4 is 34.4 Å². The van der Waals surface area contributed by atoms with Crippen LogP contribution in [0.2, 0.25) is 0 Å². The first-order valence-electron chi connectivity index (χ1n) is 12.2. The van der Waals surface area contributed by atoms with Crippen LogP contribution >= 0.6 is 11.3 Å². The number of anilines is 1. The first kappa shape index (κ1) is 28.7. The predicted molar refractivity (Wildman–Crippen MR) is 148 cm³/mol. The summed E-state index contributed by atoms with van der Waals surface area (Å²) in [5, 5.41) is 13.1. The lowest BCUT2D eigenvalue weighted by Gasteiger charge is -2.18. The quantitative estimate of drug-likeness (QED) is 0.197. The molecule has 0 fully saturated rings. The first-order valence-corrected chi connectivity index (χ1v) is 13.1. The van der Waals surface area contributed by atoms with Crippen molar-refractivity contribution < 1.29 is 32.6 Å². The molecule has 0 saturated carbocycles. The van der Waals surface area contributed by atoms with E-state index in [9.17, 15) is 18.4 Å². The highest BCUT2D eigenvalue weighted by Gasteiger charge is 2.21. The van der Waals surface area contributed by atoms with Crippen molar-refractivity contribution in [2.45, 2.75) is 25.9 Å². The number of hydrogen-bond donors (Lipinski definition) is 2. The van der Waals surface area contributed by atoms with Crippen molar-refractivity contribution in [1.29, 1.82) is 0 Å². The van der Waals surface area contributed by atoms with E-state index in [1.54, 1.807) is 23.6 Å². The van der Waals surface area contributed by atoms with Gasteiger partial charge in [-0.2, -0.15) is 0 Å². The Morgan fingerprint density at radius 3 is 2.42 bits per heavy atom. The number of ether oxygens (including phenoxy) is 1. The van der Waals surface area contributed by atoms with E-state index in [0.717, 1.165) is 35.1 Å². The lowest BCUT2D eigenvalue weighted by molar-refractivity contribution is -0.132. The molecule has 10 heteroatoms. The standard InChI is InChI=1S/C30H25F3N2O4S/c1-17(29(37)38)13-22-23(31)14-19(15-24(22)32)28(36)35-30-34-25(16-40-30)20-9-6-10-21(27(20)33)26(39-2)12-11-18-7-4-3-5-8-18/h3-10,13-16,26H,11-12H2,1-2H3,(H,37,38)(H,34,35,36). The van der Waals surface area contributed by atoms with Crippen molar-refractivity contribution in [2.75, 3.05) is 12.4 Å². The molecule has 1 amide bonds. The number of carbonyl (C=O) groups is 2. The summed E-state index contributed by atoms with van der Waals surface area (Å²) in [5.74, 6) is -4.84. The van der Waals surface area contributed by atoms with Gasteiger partial charge in [0.15, 0.2) is 5.13 Å². The first-order chi connectivity index (χ1) is 19.2. The smallest absolute Gasteiger partial charge is 0.331 e. The van der Waals surface area contributed by atoms with Crippen LogP contribution in [0.1, 0.15) is 46.5 Å². The molecule has 2 N–H and O–H groups in total. The number of carboxylic acid groups (broad SMARTS) is 1. The molecule has 0 radical (unpaired) electrons. The van der Waals surface area contributed by atoms with Gasteiger partial charge in [-0.25, -0.2) is 22.9 Å². The number of methoxy groups -OCH3 is 1. The Kier molecular flexibility index (Phi) is 9.13. The Morgan fingerprint density at radius 2 is 1.77 bits per heavy atom. The third-order valence-corrected chi connectivity index (χ3v) is 7.00. The van der Waals surface area contributed by atoms with E-state index in [4.69, 9.17) is 9.84 Å². The number of hydrogen-bond acceptors (Lipinski definition) is 5. The van der Waals surface area contributed by atoms with Gasteiger partial charge in [-0.15, -0.1) is 11.3 Å². The summed E-state index contributed by atoms with van der Waals surface area (Å²) in [6.07, 6.45) is 1.63. The van der Waals surface area contributed by atoms with Crippen molar-refractivity contribution in [3.63, 3.8) is 0 Å². The van der Waals surface area contributed by atoms with Gasteiger partial charge in [0.1, 0.15) is 17.5 Å². The van der Waals surface area contributed by atoms with Gasteiger partial charge in [0.05, 0.1) is 11.8 Å². The van der Waals surface area contributed by atoms with Gasteiger partial charge in [0.2, 0.25) is 0 Å². The summed E-state index contributed by atoms with van der Waals surface area (Å²) in [7, 11) is 1.53. The van der Waals surface area contributed by atoms with Crippen LogP contribution in [0.15, 0.2) is 71.6 Å². The predicted octanol–water partition coefficient (Wildman–Crippen LogP) is 7.29. The lowest BCUT2D eigenvalue weighted by Crippen LogP contribution is -2.13. The van der Waals surface area contributed by atoms with Crippen LogP contribution in [0.25, 0.3) is 17.3 Å². The van der Waals surface area contributed by atoms with Gasteiger partial charge < -0.3 is 9.84 Å². The van der Waals surface area contributed by atoms with Crippen molar-refractivity contribution in [3.05, 3.63) is 111 Å². The van der Waals surface area contributed by atoms with Crippen LogP contribution in [0.3, 0.4) is 0 Å². The number of thiazole rings is 1. The molecule has 0 aliphatic rings. The van der Waals surface area contributed by atoms with E-state index in [-0.39, 0.29) is 27.5 Å². The minimum Gasteiger partial charge on any atom is -0.478 e. The zero-order valence-corrected chi connectivity index (χ0v) is 22.4. The summed E-state index contributed by atoms with van der Waals surface area (Å²) < 4.78 is 50.1. The molecule has 0 saturated heterocycles. The molecule has 4 aromatic rings. The average Bonchev–Trinajstić information content (AvgIpc) is 3.40. The maximum Gasteiger partial charge on any atom is 0.331 e. The van der Waals surface area contributed by atoms with Crippen LogP contribution in [0.5, 0.6) is 0 Å². The largest absolute Gasteiger partial charge is 0.478 e. The second kappa shape index (κ2) is 12.7. The number of nitrogens with one attached hydrogen (secondary N) is 1. The second-order valence-electron chi connectivity index (χ2n) is 8.94. The van der Waals surface area contributed by atoms with Gasteiger partial charge in [0, 0.05) is 40.3 Å². The molecule has 3 aromatic carbocycles. The van der Waals surface area contributed by atoms with Crippen molar-refractivity contribution in [1.82, 2.24) is 4.98 Å². The fourth-order valence-corrected chi connectivity index (χ4v) is 4.80. The summed E-state index contributed by atoms with van der Waals surface area (Å²) in [4.78, 5) is 27.9. The number of aryl methyl sites for hydroxylation is 1. The summed E-state index contributed by atoms with van der Waals surface area (Å²) in [5.41, 5.74) is 0.829. The van der Waals surface area contributed by atoms with E-state index >= 15 is 4.39 Å². The van der Waals surface area contributed by atoms with E-state index in [1.807, 2.05) is 30.3 Å². The molecule has 1 unspecified atom stereocenters. The monoisotopic (exact) mass is 566 g/mol. The fourth-order valence-electron chi connectivity index (χ4n) is 4.09. The molecule has 6 nitrogen and oxygen atoms in total. The number of carboxylic acids is 1. The average molecular weight is 567 g/mol. The van der Waals surface area contributed by atoms with Crippen LogP contribution in [0.4, 0.5) is 18.3 Å². The summed E-state index contributed by atoms with van der Waals surface area (Å²) in [6, 6.07) is 16.4. The third kappa shape index (κ3) is 6.64. The molecule has 0 spiro atoms. The Bertz CT molecular complexity index is 1550. The number of halogens is 3. The van der Waals surface area contributed by atoms with Gasteiger partial charge in [-0.1, -0.05) is 42.5 Å². The topological polar surface area (TPSA) is 88.5 Å². The zero-order valence-electron chi connectivity index (χ0n) is 21.6. The number of benzene rings is 3. The van der Waals surface area contributed by atoms with Crippen molar-refractivity contribution in [2.24, 2.45) is 0 Å². The molecule has 0 aliphatic heterocycles. The van der Waals surface area contributed by atoms with Crippen LogP contribution in [0, 0.1) is 17.5 Å². The van der Waals surface area contributed by atoms with E-state index < -0.39 is 41.0 Å². The van der Waals surface area contributed by atoms with Gasteiger partial charge in [0.25, 0.3) is 5.91 Å². The highest BCUT2D eigenvalue weighted by Crippen LogP contribution is 2.33. The zero-order chi connectivity index (χ0) is 28.8.